The summed E-state index contributed by atoms with van der Waals surface area (Å²) >= 11 is 0. The first-order valence-corrected chi connectivity index (χ1v) is 9.67. The van der Waals surface area contributed by atoms with Gasteiger partial charge in [-0.25, -0.2) is 8.42 Å². The van der Waals surface area contributed by atoms with Crippen LogP contribution in [0.25, 0.3) is 0 Å². The first kappa shape index (κ1) is 21.5. The van der Waals surface area contributed by atoms with Gasteiger partial charge in [-0.1, -0.05) is 0 Å². The molecule has 1 aromatic carbocycles. The normalized spacial score (nSPS) is 18.1. The molecule has 0 spiro atoms. The number of sulfonamides is 1. The van der Waals surface area contributed by atoms with E-state index >= 15 is 0 Å². The molecule has 2 rings (SSSR count). The van der Waals surface area contributed by atoms with E-state index in [1.54, 1.807) is 21.0 Å². The minimum atomic E-state index is -4.84. The van der Waals surface area contributed by atoms with E-state index < -0.39 is 22.1 Å². The molecule has 0 unspecified atom stereocenters. The lowest BCUT2D eigenvalue weighted by Crippen LogP contribution is -2.54. The molecule has 1 aromatic rings. The monoisotopic (exact) mass is 409 g/mol. The van der Waals surface area contributed by atoms with Gasteiger partial charge in [0.1, 0.15) is 5.75 Å². The Morgan fingerprint density at radius 3 is 2.07 bits per heavy atom. The Balaban J connectivity index is 2.03. The van der Waals surface area contributed by atoms with Gasteiger partial charge in [-0.05, 0) is 31.2 Å². The molecule has 0 aromatic heterocycles. The van der Waals surface area contributed by atoms with Crippen LogP contribution in [0.3, 0.4) is 0 Å². The van der Waals surface area contributed by atoms with E-state index in [1.165, 1.54) is 9.21 Å². The number of amides is 1. The Kier molecular flexibility index (Phi) is 6.38. The van der Waals surface area contributed by atoms with E-state index in [4.69, 9.17) is 0 Å². The molecule has 1 fully saturated rings. The molecule has 1 heterocycles. The van der Waals surface area contributed by atoms with E-state index in [9.17, 15) is 26.4 Å². The summed E-state index contributed by atoms with van der Waals surface area (Å²) in [5, 5.41) is 0. The largest absolute Gasteiger partial charge is 0.573 e. The Bertz CT molecular complexity index is 758. The molecule has 1 aliphatic heterocycles. The average molecular weight is 409 g/mol. The van der Waals surface area contributed by atoms with Gasteiger partial charge in [0.05, 0.1) is 10.9 Å². The second-order valence-electron chi connectivity index (χ2n) is 6.37. The second-order valence-corrected chi connectivity index (χ2v) is 8.31. The van der Waals surface area contributed by atoms with Crippen molar-refractivity contribution in [2.24, 2.45) is 0 Å². The van der Waals surface area contributed by atoms with Gasteiger partial charge in [0, 0.05) is 40.3 Å². The van der Waals surface area contributed by atoms with E-state index in [-0.39, 0.29) is 29.9 Å². The number of alkyl halides is 3. The van der Waals surface area contributed by atoms with Crippen LogP contribution in [0.5, 0.6) is 5.75 Å². The number of benzene rings is 1. The molecule has 27 heavy (non-hydrogen) atoms. The van der Waals surface area contributed by atoms with Gasteiger partial charge in [-0.15, -0.1) is 13.2 Å². The Morgan fingerprint density at radius 2 is 1.63 bits per heavy atom. The lowest BCUT2D eigenvalue weighted by Gasteiger charge is -2.37. The molecule has 0 N–H and O–H groups in total. The third-order valence-electron chi connectivity index (χ3n) is 4.31. The number of rotatable bonds is 5. The minimum Gasteiger partial charge on any atom is -0.406 e. The smallest absolute Gasteiger partial charge is 0.406 e. The van der Waals surface area contributed by atoms with Crippen LogP contribution in [-0.4, -0.2) is 81.1 Å². The highest BCUT2D eigenvalue weighted by Crippen LogP contribution is 2.25. The predicted molar refractivity (Wildman–Crippen MR) is 91.6 cm³/mol. The van der Waals surface area contributed by atoms with Crippen LogP contribution in [0.1, 0.15) is 6.92 Å². The maximum absolute atomic E-state index is 12.7. The SMILES string of the molecule is C[C@@H](C(=O)N(C)C)N1CCN(S(=O)(=O)c2ccc(OC(F)(F)F)cc2)CC1. The molecule has 0 radical (unpaired) electrons. The minimum absolute atomic E-state index is 0.0634. The summed E-state index contributed by atoms with van der Waals surface area (Å²) in [5.74, 6) is -0.547. The van der Waals surface area contributed by atoms with Crippen molar-refractivity contribution in [1.82, 2.24) is 14.1 Å². The summed E-state index contributed by atoms with van der Waals surface area (Å²) in [4.78, 5) is 15.3. The fourth-order valence-corrected chi connectivity index (χ4v) is 4.25. The van der Waals surface area contributed by atoms with Crippen molar-refractivity contribution >= 4 is 15.9 Å². The summed E-state index contributed by atoms with van der Waals surface area (Å²) < 4.78 is 66.9. The topological polar surface area (TPSA) is 70.2 Å². The number of carbonyl (C=O) groups excluding carboxylic acids is 1. The molecule has 1 saturated heterocycles. The van der Waals surface area contributed by atoms with Gasteiger partial charge >= 0.3 is 6.36 Å². The first-order chi connectivity index (χ1) is 12.4. The Hall–Kier alpha value is -1.85. The molecule has 11 heteroatoms. The highest BCUT2D eigenvalue weighted by molar-refractivity contribution is 7.89. The van der Waals surface area contributed by atoms with Gasteiger partial charge in [0.15, 0.2) is 0 Å². The number of likely N-dealkylation sites (N-methyl/N-ethyl adjacent to an activating group) is 1. The third kappa shape index (κ3) is 5.33. The summed E-state index contributed by atoms with van der Waals surface area (Å²) in [6.45, 7) is 2.92. The maximum Gasteiger partial charge on any atom is 0.573 e. The number of hydrogen-bond acceptors (Lipinski definition) is 5. The van der Waals surface area contributed by atoms with Crippen LogP contribution in [0.15, 0.2) is 29.2 Å². The van der Waals surface area contributed by atoms with Crippen LogP contribution in [0, 0.1) is 0 Å². The summed E-state index contributed by atoms with van der Waals surface area (Å²) in [6, 6.07) is 3.74. The molecule has 1 amide bonds. The van der Waals surface area contributed by atoms with E-state index in [2.05, 4.69) is 4.74 Å². The lowest BCUT2D eigenvalue weighted by atomic mass is 10.2. The molecule has 1 atom stereocenters. The summed E-state index contributed by atoms with van der Waals surface area (Å²) in [5.41, 5.74) is 0. The van der Waals surface area contributed by atoms with Crippen LogP contribution >= 0.6 is 0 Å². The number of halogens is 3. The lowest BCUT2D eigenvalue weighted by molar-refractivity contribution is -0.274. The fraction of sp³-hybridized carbons (Fsp3) is 0.562. The second kappa shape index (κ2) is 8.03. The van der Waals surface area contributed by atoms with Crippen molar-refractivity contribution in [3.05, 3.63) is 24.3 Å². The molecule has 152 valence electrons. The van der Waals surface area contributed by atoms with Crippen LogP contribution in [0.4, 0.5) is 13.2 Å². The summed E-state index contributed by atoms with van der Waals surface area (Å²) in [6.07, 6.45) is -4.84. The Labute approximate surface area is 156 Å². The number of carbonyl (C=O) groups is 1. The average Bonchev–Trinajstić information content (AvgIpc) is 2.59. The van der Waals surface area contributed by atoms with Crippen LogP contribution < -0.4 is 4.74 Å². The highest BCUT2D eigenvalue weighted by Gasteiger charge is 2.33. The molecule has 7 nitrogen and oxygen atoms in total. The molecule has 0 bridgehead atoms. The van der Waals surface area contributed by atoms with Crippen molar-refractivity contribution in [1.29, 1.82) is 0 Å². The van der Waals surface area contributed by atoms with Crippen LogP contribution in [0.2, 0.25) is 0 Å². The van der Waals surface area contributed by atoms with Gasteiger partial charge in [-0.2, -0.15) is 4.31 Å². The zero-order chi connectivity index (χ0) is 20.4. The van der Waals surface area contributed by atoms with Gasteiger partial charge in [0.2, 0.25) is 15.9 Å². The number of nitrogens with zero attached hydrogens (tertiary/aromatic N) is 3. The Morgan fingerprint density at radius 1 is 1.11 bits per heavy atom. The third-order valence-corrected chi connectivity index (χ3v) is 6.23. The molecular formula is C16H22F3N3O4S. The zero-order valence-corrected chi connectivity index (χ0v) is 16.0. The molecule has 1 aliphatic rings. The molecule has 0 saturated carbocycles. The standard InChI is InChI=1S/C16H22F3N3O4S/c1-12(15(23)20(2)3)21-8-10-22(11-9-21)27(24,25)14-6-4-13(5-7-14)26-16(17,18)19/h4-7,12H,8-11H2,1-3H3/t12-/m0/s1. The quantitative estimate of drug-likeness (QED) is 0.735. The van der Waals surface area contributed by atoms with Gasteiger partial charge < -0.3 is 9.64 Å². The van der Waals surface area contributed by atoms with E-state index in [1.807, 2.05) is 4.90 Å². The van der Waals surface area contributed by atoms with Gasteiger partial charge in [-0.3, -0.25) is 9.69 Å². The molecule has 0 aliphatic carbocycles. The summed E-state index contributed by atoms with van der Waals surface area (Å²) in [7, 11) is -0.517. The van der Waals surface area contributed by atoms with Crippen molar-refractivity contribution < 1.29 is 31.1 Å². The fourth-order valence-electron chi connectivity index (χ4n) is 2.82. The predicted octanol–water partition coefficient (Wildman–Crippen LogP) is 1.37. The van der Waals surface area contributed by atoms with Crippen LogP contribution in [-0.2, 0) is 14.8 Å². The number of hydrogen-bond donors (Lipinski definition) is 0. The van der Waals surface area contributed by atoms with Crippen molar-refractivity contribution in [3.8, 4) is 5.75 Å². The van der Waals surface area contributed by atoms with E-state index in [0.717, 1.165) is 24.3 Å². The number of piperazine rings is 1. The first-order valence-electron chi connectivity index (χ1n) is 8.23. The van der Waals surface area contributed by atoms with Gasteiger partial charge in [0.25, 0.3) is 0 Å². The maximum atomic E-state index is 12.7. The van der Waals surface area contributed by atoms with Crippen molar-refractivity contribution in [2.45, 2.75) is 24.2 Å². The van der Waals surface area contributed by atoms with Crippen molar-refractivity contribution in [3.63, 3.8) is 0 Å². The van der Waals surface area contributed by atoms with E-state index in [0.29, 0.717) is 13.1 Å². The molecular weight excluding hydrogens is 387 g/mol. The zero-order valence-electron chi connectivity index (χ0n) is 15.2. The number of ether oxygens (including phenoxy) is 1. The van der Waals surface area contributed by atoms with Crippen molar-refractivity contribution in [2.75, 3.05) is 40.3 Å². The highest BCUT2D eigenvalue weighted by atomic mass is 32.2.